The minimum absolute atomic E-state index is 0.202. The summed E-state index contributed by atoms with van der Waals surface area (Å²) in [5, 5.41) is 3.47. The lowest BCUT2D eigenvalue weighted by molar-refractivity contribution is 0.559. The number of quaternary nitrogens is 1. The first kappa shape index (κ1) is 20.8. The summed E-state index contributed by atoms with van der Waals surface area (Å²) in [6.07, 6.45) is 18.6. The van der Waals surface area contributed by atoms with Crippen LogP contribution < -0.4 is 9.80 Å². The van der Waals surface area contributed by atoms with Crippen molar-refractivity contribution in [1.29, 1.82) is 0 Å². The SMILES string of the molecule is CCCCCCCCCCCCNc1nc(Cl)nc([N+]2(C)C=CN=C2)n1. The van der Waals surface area contributed by atoms with Crippen LogP contribution in [0.4, 0.5) is 11.9 Å². The van der Waals surface area contributed by atoms with Gasteiger partial charge in [0.2, 0.25) is 17.6 Å². The van der Waals surface area contributed by atoms with Crippen LogP contribution in [0.1, 0.15) is 71.1 Å². The lowest BCUT2D eigenvalue weighted by Crippen LogP contribution is -2.37. The minimum Gasteiger partial charge on any atom is -0.354 e. The largest absolute Gasteiger partial charge is 0.354 e. The van der Waals surface area contributed by atoms with Crippen molar-refractivity contribution in [2.24, 2.45) is 4.99 Å². The van der Waals surface area contributed by atoms with Crippen molar-refractivity contribution in [3.05, 3.63) is 17.7 Å². The van der Waals surface area contributed by atoms with E-state index in [0.717, 1.165) is 13.0 Å². The van der Waals surface area contributed by atoms with E-state index < -0.39 is 0 Å². The first-order chi connectivity index (χ1) is 12.6. The fourth-order valence-corrected chi connectivity index (χ4v) is 3.11. The third-order valence-corrected chi connectivity index (χ3v) is 4.78. The minimum atomic E-state index is 0.202. The zero-order chi connectivity index (χ0) is 18.7. The maximum absolute atomic E-state index is 6.05. The Kier molecular flexibility index (Phi) is 8.98. The van der Waals surface area contributed by atoms with E-state index >= 15 is 0 Å². The maximum atomic E-state index is 6.05. The Bertz CT molecular complexity index is 590. The Morgan fingerprint density at radius 1 is 0.923 bits per heavy atom. The topological polar surface area (TPSA) is 63.1 Å². The molecule has 7 heteroatoms. The Hall–Kier alpha value is -1.53. The molecule has 26 heavy (non-hydrogen) atoms. The molecule has 0 amide bonds. The Labute approximate surface area is 162 Å². The highest BCUT2D eigenvalue weighted by Gasteiger charge is 2.28. The fourth-order valence-electron chi connectivity index (χ4n) is 2.96. The smallest absolute Gasteiger partial charge is 0.345 e. The molecule has 2 heterocycles. The molecule has 6 nitrogen and oxygen atoms in total. The number of nitrogens with one attached hydrogen (secondary N) is 1. The highest BCUT2D eigenvalue weighted by Crippen LogP contribution is 2.20. The third-order valence-electron chi connectivity index (χ3n) is 4.61. The van der Waals surface area contributed by atoms with Gasteiger partial charge in [-0.3, -0.25) is 0 Å². The molecule has 0 saturated heterocycles. The summed E-state index contributed by atoms with van der Waals surface area (Å²) in [5.41, 5.74) is 0. The molecule has 2 rings (SSSR count). The summed E-state index contributed by atoms with van der Waals surface area (Å²) < 4.78 is 0.301. The summed E-state index contributed by atoms with van der Waals surface area (Å²) in [4.78, 5) is 17.0. The first-order valence-corrected chi connectivity index (χ1v) is 10.3. The number of nitrogens with zero attached hydrogens (tertiary/aromatic N) is 5. The Balaban J connectivity index is 1.62. The second-order valence-electron chi connectivity index (χ2n) is 7.05. The van der Waals surface area contributed by atoms with E-state index in [0.29, 0.717) is 16.4 Å². The number of anilines is 1. The van der Waals surface area contributed by atoms with Crippen molar-refractivity contribution in [3.63, 3.8) is 0 Å². The van der Waals surface area contributed by atoms with Gasteiger partial charge < -0.3 is 5.32 Å². The first-order valence-electron chi connectivity index (χ1n) is 9.88. The molecule has 0 bridgehead atoms. The number of aromatic nitrogens is 3. The molecule has 1 N–H and O–H groups in total. The van der Waals surface area contributed by atoms with Crippen LogP contribution in [-0.2, 0) is 0 Å². The molecule has 0 spiro atoms. The van der Waals surface area contributed by atoms with Crippen molar-refractivity contribution in [2.75, 3.05) is 18.9 Å². The summed E-state index contributed by atoms with van der Waals surface area (Å²) >= 11 is 6.05. The van der Waals surface area contributed by atoms with Gasteiger partial charge in [-0.1, -0.05) is 64.7 Å². The van der Waals surface area contributed by atoms with E-state index in [4.69, 9.17) is 11.6 Å². The fraction of sp³-hybridized carbons (Fsp3) is 0.684. The number of aliphatic imine (C=N–C) groups is 1. The molecule has 0 saturated carbocycles. The van der Waals surface area contributed by atoms with Gasteiger partial charge in [0, 0.05) is 6.54 Å². The Morgan fingerprint density at radius 3 is 2.19 bits per heavy atom. The molecule has 0 aromatic carbocycles. The van der Waals surface area contributed by atoms with Crippen LogP contribution in [0.2, 0.25) is 5.28 Å². The van der Waals surface area contributed by atoms with Crippen LogP contribution in [0, 0.1) is 0 Å². The van der Waals surface area contributed by atoms with Crippen LogP contribution in [0.25, 0.3) is 0 Å². The monoisotopic (exact) mass is 379 g/mol. The van der Waals surface area contributed by atoms with Crippen LogP contribution >= 0.6 is 11.6 Å². The van der Waals surface area contributed by atoms with Gasteiger partial charge in [0.1, 0.15) is 6.20 Å². The van der Waals surface area contributed by atoms with Crippen molar-refractivity contribution in [2.45, 2.75) is 71.1 Å². The van der Waals surface area contributed by atoms with Gasteiger partial charge in [-0.2, -0.15) is 9.47 Å². The van der Waals surface area contributed by atoms with E-state index in [1.807, 2.05) is 13.2 Å². The zero-order valence-electron chi connectivity index (χ0n) is 16.1. The highest BCUT2D eigenvalue weighted by atomic mass is 35.5. The average Bonchev–Trinajstić information content (AvgIpc) is 3.07. The molecule has 1 aromatic heterocycles. The van der Waals surface area contributed by atoms with Gasteiger partial charge in [-0.25, -0.2) is 4.99 Å². The Morgan fingerprint density at radius 2 is 1.58 bits per heavy atom. The van der Waals surface area contributed by atoms with E-state index in [1.54, 1.807) is 12.5 Å². The molecule has 1 aliphatic rings. The van der Waals surface area contributed by atoms with Crippen LogP contribution in [0.5, 0.6) is 0 Å². The van der Waals surface area contributed by atoms with E-state index in [9.17, 15) is 0 Å². The van der Waals surface area contributed by atoms with Gasteiger partial charge in [0.05, 0.1) is 13.2 Å². The molecule has 1 unspecified atom stereocenters. The van der Waals surface area contributed by atoms with Gasteiger partial charge in [0.15, 0.2) is 0 Å². The van der Waals surface area contributed by atoms with Crippen molar-refractivity contribution in [3.8, 4) is 0 Å². The number of hydrogen-bond donors (Lipinski definition) is 1. The maximum Gasteiger partial charge on any atom is 0.345 e. The van der Waals surface area contributed by atoms with Gasteiger partial charge >= 0.3 is 5.95 Å². The molecule has 1 atom stereocenters. The van der Waals surface area contributed by atoms with Crippen molar-refractivity contribution < 1.29 is 0 Å². The summed E-state index contributed by atoms with van der Waals surface area (Å²) in [5.74, 6) is 1.09. The predicted molar refractivity (Wildman–Crippen MR) is 111 cm³/mol. The van der Waals surface area contributed by atoms with Gasteiger partial charge in [0.25, 0.3) is 0 Å². The molecular formula is C19H32ClN6+. The normalized spacial score (nSPS) is 18.6. The van der Waals surface area contributed by atoms with Gasteiger partial charge in [-0.05, 0) is 18.0 Å². The average molecular weight is 380 g/mol. The van der Waals surface area contributed by atoms with Crippen LogP contribution in [0.3, 0.4) is 0 Å². The van der Waals surface area contributed by atoms with E-state index in [1.165, 1.54) is 57.8 Å². The lowest BCUT2D eigenvalue weighted by atomic mass is 10.1. The third kappa shape index (κ3) is 7.00. The summed E-state index contributed by atoms with van der Waals surface area (Å²) in [7, 11) is 1.95. The molecule has 0 fully saturated rings. The predicted octanol–water partition coefficient (Wildman–Crippen LogP) is 5.31. The lowest BCUT2D eigenvalue weighted by Gasteiger charge is -2.18. The number of hydrogen-bond acceptors (Lipinski definition) is 5. The molecule has 144 valence electrons. The van der Waals surface area contributed by atoms with Crippen molar-refractivity contribution >= 4 is 29.8 Å². The van der Waals surface area contributed by atoms with Crippen molar-refractivity contribution in [1.82, 2.24) is 19.4 Å². The highest BCUT2D eigenvalue weighted by molar-refractivity contribution is 6.28. The standard InChI is InChI=1S/C19H32ClN6/c1-3-4-5-6-7-8-9-10-11-12-13-22-18-23-17(20)24-19(25-18)26(2)15-14-21-16-26/h14-16H,3-13H2,1-2H3,(H,22,23,24,25)/q+1. The number of unbranched alkanes of at least 4 members (excludes halogenated alkanes) is 9. The van der Waals surface area contributed by atoms with Crippen LogP contribution in [-0.4, -0.2) is 34.9 Å². The van der Waals surface area contributed by atoms with Gasteiger partial charge in [-0.15, -0.1) is 9.97 Å². The molecular weight excluding hydrogens is 348 g/mol. The van der Waals surface area contributed by atoms with E-state index in [2.05, 4.69) is 32.2 Å². The molecule has 1 aliphatic heterocycles. The van der Waals surface area contributed by atoms with Crippen LogP contribution in [0.15, 0.2) is 17.4 Å². The molecule has 1 aromatic rings. The summed E-state index contributed by atoms with van der Waals surface area (Å²) in [6.45, 7) is 3.11. The molecule has 0 radical (unpaired) electrons. The zero-order valence-corrected chi connectivity index (χ0v) is 16.9. The second kappa shape index (κ2) is 11.2. The number of halogens is 1. The van der Waals surface area contributed by atoms with E-state index in [-0.39, 0.29) is 5.28 Å². The molecule has 0 aliphatic carbocycles. The summed E-state index contributed by atoms with van der Waals surface area (Å²) in [6, 6.07) is 0. The quantitative estimate of drug-likeness (QED) is 0.372. The number of rotatable bonds is 13. The second-order valence-corrected chi connectivity index (χ2v) is 7.38.